The van der Waals surface area contributed by atoms with Crippen LogP contribution in [0.2, 0.25) is 0 Å². The quantitative estimate of drug-likeness (QED) is 0.808. The first kappa shape index (κ1) is 17.4. The molecule has 1 aromatic rings. The highest BCUT2D eigenvalue weighted by Crippen LogP contribution is 2.44. The number of sulfonamides is 1. The van der Waals surface area contributed by atoms with Crippen LogP contribution in [0.5, 0.6) is 0 Å². The Morgan fingerprint density at radius 3 is 2.70 bits per heavy atom. The van der Waals surface area contributed by atoms with Crippen LogP contribution in [0.1, 0.15) is 24.8 Å². The lowest BCUT2D eigenvalue weighted by atomic mass is 9.76. The Morgan fingerprint density at radius 1 is 1.39 bits per heavy atom. The second kappa shape index (κ2) is 6.80. The van der Waals surface area contributed by atoms with Crippen molar-refractivity contribution in [2.24, 2.45) is 5.41 Å². The number of hydrogen-bond acceptors (Lipinski definition) is 5. The molecule has 130 valence electrons. The minimum absolute atomic E-state index is 0.00146. The number of methoxy groups -OCH3 is 1. The second-order valence-corrected chi connectivity index (χ2v) is 9.74. The van der Waals surface area contributed by atoms with Gasteiger partial charge in [0, 0.05) is 26.2 Å². The van der Waals surface area contributed by atoms with Gasteiger partial charge in [-0.1, -0.05) is 0 Å². The van der Waals surface area contributed by atoms with Gasteiger partial charge in [0.05, 0.1) is 12.9 Å². The summed E-state index contributed by atoms with van der Waals surface area (Å²) in [6.07, 6.45) is 4.40. The molecule has 2 aliphatic heterocycles. The standard InChI is InChI=1S/C16H26N2O3S2/c1-21-11-15-9-16(13-18(15)23(2,19)20)4-6-17(7-5-16)10-14-3-8-22-12-14/h3,8,12,15H,4-7,9-11,13H2,1-2H3/t15-/m0/s1. The zero-order valence-corrected chi connectivity index (χ0v) is 15.5. The molecule has 3 heterocycles. The molecule has 5 nitrogen and oxygen atoms in total. The van der Waals surface area contributed by atoms with E-state index in [1.165, 1.54) is 11.8 Å². The van der Waals surface area contributed by atoms with E-state index in [0.717, 1.165) is 38.9 Å². The average Bonchev–Trinajstić information content (AvgIpc) is 3.10. The van der Waals surface area contributed by atoms with Gasteiger partial charge >= 0.3 is 0 Å². The van der Waals surface area contributed by atoms with Crippen LogP contribution < -0.4 is 0 Å². The van der Waals surface area contributed by atoms with Gasteiger partial charge in [-0.2, -0.15) is 15.6 Å². The van der Waals surface area contributed by atoms with Crippen LogP contribution in [0.3, 0.4) is 0 Å². The van der Waals surface area contributed by atoms with Crippen molar-refractivity contribution in [2.45, 2.75) is 31.8 Å². The number of likely N-dealkylation sites (tertiary alicyclic amines) is 1. The van der Waals surface area contributed by atoms with Crippen molar-refractivity contribution < 1.29 is 13.2 Å². The smallest absolute Gasteiger partial charge is 0.211 e. The lowest BCUT2D eigenvalue weighted by molar-refractivity contribution is 0.105. The van der Waals surface area contributed by atoms with Crippen molar-refractivity contribution in [3.63, 3.8) is 0 Å². The number of ether oxygens (including phenoxy) is 1. The molecule has 1 aromatic heterocycles. The van der Waals surface area contributed by atoms with Crippen molar-refractivity contribution in [2.75, 3.05) is 39.6 Å². The number of thiophene rings is 1. The lowest BCUT2D eigenvalue weighted by Gasteiger charge is -2.39. The summed E-state index contributed by atoms with van der Waals surface area (Å²) in [4.78, 5) is 2.49. The fraction of sp³-hybridized carbons (Fsp3) is 0.750. The van der Waals surface area contributed by atoms with E-state index in [2.05, 4.69) is 21.7 Å². The Hall–Kier alpha value is -0.470. The fourth-order valence-corrected chi connectivity index (χ4v) is 5.88. The van der Waals surface area contributed by atoms with Gasteiger partial charge in [0.25, 0.3) is 0 Å². The maximum absolute atomic E-state index is 12.1. The van der Waals surface area contributed by atoms with Crippen molar-refractivity contribution >= 4 is 21.4 Å². The van der Waals surface area contributed by atoms with Gasteiger partial charge in [-0.3, -0.25) is 4.90 Å². The third-order valence-electron chi connectivity index (χ3n) is 5.26. The predicted octanol–water partition coefficient (Wildman–Crippen LogP) is 2.01. The van der Waals surface area contributed by atoms with Crippen LogP contribution in [-0.2, 0) is 21.3 Å². The summed E-state index contributed by atoms with van der Waals surface area (Å²) >= 11 is 1.74. The van der Waals surface area contributed by atoms with Crippen LogP contribution in [0.25, 0.3) is 0 Å². The molecular formula is C16H26N2O3S2. The molecule has 0 radical (unpaired) electrons. The molecule has 2 fully saturated rings. The van der Waals surface area contributed by atoms with Crippen molar-refractivity contribution in [1.82, 2.24) is 9.21 Å². The van der Waals surface area contributed by atoms with Gasteiger partial charge in [0.1, 0.15) is 0 Å². The van der Waals surface area contributed by atoms with E-state index in [1.54, 1.807) is 22.8 Å². The Balaban J connectivity index is 1.63. The first-order valence-corrected chi connectivity index (χ1v) is 10.9. The van der Waals surface area contributed by atoms with Gasteiger partial charge in [-0.25, -0.2) is 8.42 Å². The topological polar surface area (TPSA) is 49.9 Å². The summed E-state index contributed by atoms with van der Waals surface area (Å²) in [5.74, 6) is 0. The van der Waals surface area contributed by atoms with Gasteiger partial charge in [0.2, 0.25) is 10.0 Å². The normalized spacial score (nSPS) is 26.1. The van der Waals surface area contributed by atoms with Gasteiger partial charge in [0.15, 0.2) is 0 Å². The number of piperidine rings is 1. The van der Waals surface area contributed by atoms with E-state index >= 15 is 0 Å². The van der Waals surface area contributed by atoms with E-state index in [9.17, 15) is 8.42 Å². The second-order valence-electron chi connectivity index (χ2n) is 7.03. The third-order valence-corrected chi connectivity index (χ3v) is 7.27. The van der Waals surface area contributed by atoms with Crippen LogP contribution in [-0.4, -0.2) is 63.3 Å². The molecule has 0 N–H and O–H groups in total. The monoisotopic (exact) mass is 358 g/mol. The zero-order chi connectivity index (χ0) is 16.5. The van der Waals surface area contributed by atoms with E-state index in [-0.39, 0.29) is 11.5 Å². The summed E-state index contributed by atoms with van der Waals surface area (Å²) in [5, 5.41) is 4.33. The molecule has 1 atom stereocenters. The Kier molecular flexibility index (Phi) is 5.13. The van der Waals surface area contributed by atoms with Gasteiger partial charge < -0.3 is 4.74 Å². The SMILES string of the molecule is COC[C@@H]1CC2(CCN(Cc3ccsc3)CC2)CN1S(C)(=O)=O. The molecular weight excluding hydrogens is 332 g/mol. The van der Waals surface area contributed by atoms with Crippen molar-refractivity contribution in [3.8, 4) is 0 Å². The molecule has 2 aliphatic rings. The number of hydrogen-bond donors (Lipinski definition) is 0. The maximum atomic E-state index is 12.1. The summed E-state index contributed by atoms with van der Waals surface area (Å²) < 4.78 is 31.1. The highest BCUT2D eigenvalue weighted by atomic mass is 32.2. The van der Waals surface area contributed by atoms with Crippen molar-refractivity contribution in [3.05, 3.63) is 22.4 Å². The molecule has 0 bridgehead atoms. The van der Waals surface area contributed by atoms with Crippen LogP contribution in [0, 0.1) is 5.41 Å². The fourth-order valence-electron chi connectivity index (χ4n) is 4.04. The van der Waals surface area contributed by atoms with Crippen LogP contribution in [0.15, 0.2) is 16.8 Å². The summed E-state index contributed by atoms with van der Waals surface area (Å²) in [5.41, 5.74) is 1.52. The minimum atomic E-state index is -3.16. The molecule has 0 aliphatic carbocycles. The number of nitrogens with zero attached hydrogens (tertiary/aromatic N) is 2. The predicted molar refractivity (Wildman–Crippen MR) is 93.1 cm³/mol. The van der Waals surface area contributed by atoms with Crippen LogP contribution in [0.4, 0.5) is 0 Å². The highest BCUT2D eigenvalue weighted by Gasteiger charge is 2.48. The Labute approximate surface area is 143 Å². The third kappa shape index (κ3) is 3.96. The summed E-state index contributed by atoms with van der Waals surface area (Å²) in [6, 6.07) is 2.18. The molecule has 0 saturated carbocycles. The largest absolute Gasteiger partial charge is 0.383 e. The first-order chi connectivity index (χ1) is 10.9. The van der Waals surface area contributed by atoms with Gasteiger partial charge in [-0.15, -0.1) is 0 Å². The van der Waals surface area contributed by atoms with Crippen molar-refractivity contribution in [1.29, 1.82) is 0 Å². The Morgan fingerprint density at radius 2 is 2.13 bits per heavy atom. The molecule has 1 spiro atoms. The number of rotatable bonds is 5. The molecule has 3 rings (SSSR count). The molecule has 0 aromatic carbocycles. The molecule has 2 saturated heterocycles. The average molecular weight is 359 g/mol. The summed E-state index contributed by atoms with van der Waals surface area (Å²) in [7, 11) is -1.51. The van der Waals surface area contributed by atoms with E-state index < -0.39 is 10.0 Å². The molecule has 0 unspecified atom stereocenters. The van der Waals surface area contributed by atoms with E-state index in [1.807, 2.05) is 0 Å². The van der Waals surface area contributed by atoms with E-state index in [0.29, 0.717) is 13.2 Å². The molecule has 0 amide bonds. The Bertz CT molecular complexity index is 607. The zero-order valence-electron chi connectivity index (χ0n) is 13.9. The highest BCUT2D eigenvalue weighted by molar-refractivity contribution is 7.88. The maximum Gasteiger partial charge on any atom is 0.211 e. The minimum Gasteiger partial charge on any atom is -0.383 e. The summed E-state index contributed by atoms with van der Waals surface area (Å²) in [6.45, 7) is 4.26. The molecule has 23 heavy (non-hydrogen) atoms. The first-order valence-electron chi connectivity index (χ1n) is 8.11. The van der Waals surface area contributed by atoms with Gasteiger partial charge in [-0.05, 0) is 60.2 Å². The lowest BCUT2D eigenvalue weighted by Crippen LogP contribution is -2.42. The van der Waals surface area contributed by atoms with Crippen LogP contribution >= 0.6 is 11.3 Å². The molecule has 7 heteroatoms. The van der Waals surface area contributed by atoms with E-state index in [4.69, 9.17) is 4.74 Å².